The van der Waals surface area contributed by atoms with Crippen LogP contribution in [0.25, 0.3) is 0 Å². The summed E-state index contributed by atoms with van der Waals surface area (Å²) in [5.74, 6) is 5.21. The van der Waals surface area contributed by atoms with E-state index in [1.54, 1.807) is 0 Å². The van der Waals surface area contributed by atoms with Gasteiger partial charge in [-0.2, -0.15) is 0 Å². The van der Waals surface area contributed by atoms with E-state index in [1.807, 2.05) is 0 Å². The minimum atomic E-state index is -0.184. The molecule has 0 radical (unpaired) electrons. The molecule has 0 spiro atoms. The second kappa shape index (κ2) is 8.87. The van der Waals surface area contributed by atoms with Crippen LogP contribution in [-0.2, 0) is 9.59 Å². The molecule has 0 aromatic carbocycles. The molecule has 6 heteroatoms. The predicted octanol–water partition coefficient (Wildman–Crippen LogP) is 0.124. The van der Waals surface area contributed by atoms with Crippen LogP contribution in [0.15, 0.2) is 0 Å². The van der Waals surface area contributed by atoms with E-state index in [9.17, 15) is 9.59 Å². The molecule has 1 heterocycles. The number of primary amides is 1. The minimum absolute atomic E-state index is 0.0905. The molecule has 0 bridgehead atoms. The molecule has 5 N–H and O–H groups in total. The van der Waals surface area contributed by atoms with Crippen molar-refractivity contribution in [2.24, 2.45) is 17.5 Å². The van der Waals surface area contributed by atoms with Crippen LogP contribution in [0.5, 0.6) is 0 Å². The maximum Gasteiger partial charge on any atom is 0.233 e. The molecule has 110 valence electrons. The van der Waals surface area contributed by atoms with Gasteiger partial charge in [0.05, 0.1) is 0 Å². The fourth-order valence-electron chi connectivity index (χ4n) is 2.57. The van der Waals surface area contributed by atoms with Crippen molar-refractivity contribution in [3.05, 3.63) is 0 Å². The third kappa shape index (κ3) is 7.12. The Morgan fingerprint density at radius 1 is 1.16 bits per heavy atom. The summed E-state index contributed by atoms with van der Waals surface area (Å²) < 4.78 is 0. The molecule has 19 heavy (non-hydrogen) atoms. The number of amides is 2. The average Bonchev–Trinajstić information content (AvgIpc) is 2.39. The Hall–Kier alpha value is -1.14. The zero-order valence-corrected chi connectivity index (χ0v) is 11.6. The first kappa shape index (κ1) is 15.9. The van der Waals surface area contributed by atoms with E-state index in [0.717, 1.165) is 51.7 Å². The molecule has 1 aliphatic rings. The van der Waals surface area contributed by atoms with Gasteiger partial charge in [-0.25, -0.2) is 5.84 Å². The molecule has 1 saturated heterocycles. The van der Waals surface area contributed by atoms with E-state index >= 15 is 0 Å². The van der Waals surface area contributed by atoms with Crippen LogP contribution in [0.2, 0.25) is 0 Å². The van der Waals surface area contributed by atoms with Gasteiger partial charge in [0.25, 0.3) is 0 Å². The average molecular weight is 270 g/mol. The first-order valence-electron chi connectivity index (χ1n) is 7.12. The van der Waals surface area contributed by atoms with Crippen molar-refractivity contribution < 1.29 is 9.59 Å². The number of hydrogen-bond donors (Lipinski definition) is 3. The molecule has 1 fully saturated rings. The number of nitrogens with two attached hydrogens (primary N) is 2. The largest absolute Gasteiger partial charge is 0.370 e. The zero-order valence-electron chi connectivity index (χ0n) is 11.6. The van der Waals surface area contributed by atoms with Gasteiger partial charge in [0.1, 0.15) is 0 Å². The van der Waals surface area contributed by atoms with Gasteiger partial charge >= 0.3 is 0 Å². The number of piperidine rings is 1. The van der Waals surface area contributed by atoms with Crippen LogP contribution < -0.4 is 17.0 Å². The van der Waals surface area contributed by atoms with Crippen molar-refractivity contribution in [1.29, 1.82) is 0 Å². The first-order valence-corrected chi connectivity index (χ1v) is 7.12. The van der Waals surface area contributed by atoms with Crippen LogP contribution in [0, 0.1) is 5.92 Å². The van der Waals surface area contributed by atoms with E-state index in [4.69, 9.17) is 11.6 Å². The SMILES string of the molecule is NNC(=O)CCCCCN1CCC(CC(N)=O)CC1. The highest BCUT2D eigenvalue weighted by Crippen LogP contribution is 2.20. The van der Waals surface area contributed by atoms with Crippen molar-refractivity contribution in [3.8, 4) is 0 Å². The quantitative estimate of drug-likeness (QED) is 0.252. The third-order valence-electron chi connectivity index (χ3n) is 3.74. The Bertz CT molecular complexity index is 288. The van der Waals surface area contributed by atoms with Gasteiger partial charge in [-0.3, -0.25) is 15.0 Å². The smallest absolute Gasteiger partial charge is 0.233 e. The summed E-state index contributed by atoms with van der Waals surface area (Å²) in [4.78, 5) is 24.2. The van der Waals surface area contributed by atoms with Crippen LogP contribution in [0.4, 0.5) is 0 Å². The molecular formula is C13H26N4O2. The van der Waals surface area contributed by atoms with E-state index < -0.39 is 0 Å². The van der Waals surface area contributed by atoms with Gasteiger partial charge in [-0.1, -0.05) is 6.42 Å². The summed E-state index contributed by atoms with van der Waals surface area (Å²) in [6, 6.07) is 0. The lowest BCUT2D eigenvalue weighted by molar-refractivity contribution is -0.121. The number of nitrogens with one attached hydrogen (secondary N) is 1. The Morgan fingerprint density at radius 2 is 1.84 bits per heavy atom. The molecule has 0 unspecified atom stereocenters. The molecule has 6 nitrogen and oxygen atoms in total. The third-order valence-corrected chi connectivity index (χ3v) is 3.74. The van der Waals surface area contributed by atoms with Gasteiger partial charge in [0.15, 0.2) is 0 Å². The Kier molecular flexibility index (Phi) is 7.43. The van der Waals surface area contributed by atoms with Crippen LogP contribution >= 0.6 is 0 Å². The summed E-state index contributed by atoms with van der Waals surface area (Å²) in [5, 5.41) is 0. The van der Waals surface area contributed by atoms with Crippen molar-refractivity contribution in [3.63, 3.8) is 0 Å². The Labute approximate surface area is 114 Å². The fraction of sp³-hybridized carbons (Fsp3) is 0.846. The van der Waals surface area contributed by atoms with Crippen molar-refractivity contribution in [2.45, 2.75) is 44.9 Å². The fourth-order valence-corrected chi connectivity index (χ4v) is 2.57. The van der Waals surface area contributed by atoms with Crippen molar-refractivity contribution in [2.75, 3.05) is 19.6 Å². The van der Waals surface area contributed by atoms with Crippen molar-refractivity contribution in [1.82, 2.24) is 10.3 Å². The van der Waals surface area contributed by atoms with Gasteiger partial charge in [0, 0.05) is 12.8 Å². The Morgan fingerprint density at radius 3 is 2.42 bits per heavy atom. The van der Waals surface area contributed by atoms with E-state index in [1.165, 1.54) is 0 Å². The van der Waals surface area contributed by atoms with E-state index in [0.29, 0.717) is 18.8 Å². The molecule has 0 saturated carbocycles. The molecular weight excluding hydrogens is 244 g/mol. The van der Waals surface area contributed by atoms with Gasteiger partial charge in [-0.05, 0) is 51.2 Å². The molecule has 0 aromatic rings. The molecule has 1 rings (SSSR count). The van der Waals surface area contributed by atoms with E-state index in [2.05, 4.69) is 10.3 Å². The molecule has 0 aliphatic carbocycles. The summed E-state index contributed by atoms with van der Waals surface area (Å²) in [5.41, 5.74) is 7.35. The predicted molar refractivity (Wildman–Crippen MR) is 73.8 cm³/mol. The number of carbonyl (C=O) groups is 2. The number of likely N-dealkylation sites (tertiary alicyclic amines) is 1. The lowest BCUT2D eigenvalue weighted by atomic mass is 9.93. The zero-order chi connectivity index (χ0) is 14.1. The molecule has 1 aliphatic heterocycles. The Balaban J connectivity index is 2.00. The van der Waals surface area contributed by atoms with Gasteiger partial charge in [-0.15, -0.1) is 0 Å². The van der Waals surface area contributed by atoms with Gasteiger partial charge in [0.2, 0.25) is 11.8 Å². The highest BCUT2D eigenvalue weighted by atomic mass is 16.2. The van der Waals surface area contributed by atoms with Gasteiger partial charge < -0.3 is 10.6 Å². The monoisotopic (exact) mass is 270 g/mol. The van der Waals surface area contributed by atoms with Crippen LogP contribution in [0.1, 0.15) is 44.9 Å². The highest BCUT2D eigenvalue weighted by Gasteiger charge is 2.19. The first-order chi connectivity index (χ1) is 9.11. The molecule has 0 aromatic heterocycles. The van der Waals surface area contributed by atoms with E-state index in [-0.39, 0.29) is 11.8 Å². The number of hydrazine groups is 1. The lowest BCUT2D eigenvalue weighted by Gasteiger charge is -2.31. The number of hydrogen-bond acceptors (Lipinski definition) is 4. The van der Waals surface area contributed by atoms with Crippen LogP contribution in [0.3, 0.4) is 0 Å². The summed E-state index contributed by atoms with van der Waals surface area (Å²) in [7, 11) is 0. The highest BCUT2D eigenvalue weighted by molar-refractivity contribution is 5.75. The summed E-state index contributed by atoms with van der Waals surface area (Å²) in [6.07, 6.45) is 6.23. The lowest BCUT2D eigenvalue weighted by Crippen LogP contribution is -2.35. The number of rotatable bonds is 8. The minimum Gasteiger partial charge on any atom is -0.370 e. The molecule has 2 amide bonds. The number of unbranched alkanes of at least 4 members (excludes halogenated alkanes) is 2. The second-order valence-electron chi connectivity index (χ2n) is 5.33. The number of carbonyl (C=O) groups excluding carboxylic acids is 2. The standard InChI is InChI=1S/C13H26N4O2/c14-12(18)10-11-5-8-17(9-6-11)7-3-1-2-4-13(19)16-15/h11H,1-10,15H2,(H2,14,18)(H,16,19). The topological polar surface area (TPSA) is 101 Å². The van der Waals surface area contributed by atoms with Crippen molar-refractivity contribution >= 4 is 11.8 Å². The normalized spacial score (nSPS) is 17.3. The second-order valence-corrected chi connectivity index (χ2v) is 5.33. The maximum absolute atomic E-state index is 10.9. The molecule has 0 atom stereocenters. The summed E-state index contributed by atoms with van der Waals surface area (Å²) in [6.45, 7) is 3.19. The van der Waals surface area contributed by atoms with Crippen LogP contribution in [-0.4, -0.2) is 36.3 Å². The maximum atomic E-state index is 10.9. The number of nitrogens with zero attached hydrogens (tertiary/aromatic N) is 1. The summed E-state index contributed by atoms with van der Waals surface area (Å²) >= 11 is 0.